The maximum atomic E-state index is 13.6. The molecule has 0 fully saturated rings. The van der Waals surface area contributed by atoms with Gasteiger partial charge in [-0.2, -0.15) is 0 Å². The van der Waals surface area contributed by atoms with Crippen molar-refractivity contribution in [1.29, 1.82) is 0 Å². The molecule has 0 saturated carbocycles. The summed E-state index contributed by atoms with van der Waals surface area (Å²) in [6.45, 7) is -0.729. The number of rotatable bonds is 8. The van der Waals surface area contributed by atoms with Crippen LogP contribution in [-0.4, -0.2) is 38.0 Å². The number of amides is 2. The number of hydrogen-bond donors (Lipinski definition) is 2. The third-order valence-corrected chi connectivity index (χ3v) is 5.13. The number of hydrogen-bond acceptors (Lipinski definition) is 6. The number of methoxy groups -OCH3 is 1. The zero-order chi connectivity index (χ0) is 24.9. The number of fused-ring (bicyclic) bond motifs is 3. The molecule has 0 spiro atoms. The molecule has 35 heavy (non-hydrogen) atoms. The number of ether oxygens (including phenoxy) is 2. The van der Waals surface area contributed by atoms with Crippen molar-refractivity contribution in [1.82, 2.24) is 5.32 Å². The van der Waals surface area contributed by atoms with E-state index in [0.29, 0.717) is 28.7 Å². The van der Waals surface area contributed by atoms with Crippen molar-refractivity contribution >= 4 is 45.4 Å². The first-order valence-corrected chi connectivity index (χ1v) is 10.5. The first-order chi connectivity index (χ1) is 16.9. The minimum atomic E-state index is -1.02. The Morgan fingerprint density at radius 2 is 1.77 bits per heavy atom. The highest BCUT2D eigenvalue weighted by atomic mass is 19.1. The van der Waals surface area contributed by atoms with Crippen molar-refractivity contribution in [2.24, 2.45) is 0 Å². The van der Waals surface area contributed by atoms with Crippen molar-refractivity contribution in [3.63, 3.8) is 0 Å². The zero-order valence-corrected chi connectivity index (χ0v) is 18.5. The van der Waals surface area contributed by atoms with Crippen LogP contribution in [0.15, 0.2) is 59.0 Å². The molecule has 0 saturated heterocycles. The van der Waals surface area contributed by atoms with Crippen molar-refractivity contribution in [2.45, 2.75) is 6.42 Å². The first kappa shape index (κ1) is 23.7. The van der Waals surface area contributed by atoms with Crippen LogP contribution in [0.4, 0.5) is 14.5 Å². The summed E-state index contributed by atoms with van der Waals surface area (Å²) in [4.78, 5) is 36.1. The van der Waals surface area contributed by atoms with Gasteiger partial charge in [-0.25, -0.2) is 8.78 Å². The molecule has 10 heteroatoms. The summed E-state index contributed by atoms with van der Waals surface area (Å²) < 4.78 is 42.7. The molecule has 2 amide bonds. The molecular weight excluding hydrogens is 462 g/mol. The average molecular weight is 482 g/mol. The van der Waals surface area contributed by atoms with E-state index in [4.69, 9.17) is 13.9 Å². The molecule has 2 N–H and O–H groups in total. The molecule has 0 bridgehead atoms. The van der Waals surface area contributed by atoms with E-state index in [1.54, 1.807) is 12.1 Å². The van der Waals surface area contributed by atoms with Crippen molar-refractivity contribution in [3.05, 3.63) is 71.8 Å². The normalized spacial score (nSPS) is 10.8. The lowest BCUT2D eigenvalue weighted by atomic mass is 10.1. The van der Waals surface area contributed by atoms with Crippen molar-refractivity contribution < 1.29 is 37.1 Å². The molecule has 8 nitrogen and oxygen atoms in total. The lowest BCUT2D eigenvalue weighted by molar-refractivity contribution is -0.147. The van der Waals surface area contributed by atoms with E-state index in [-0.39, 0.29) is 18.5 Å². The number of carbonyl (C=O) groups is 3. The van der Waals surface area contributed by atoms with E-state index in [1.165, 1.54) is 7.11 Å². The fourth-order valence-corrected chi connectivity index (χ4v) is 3.47. The molecule has 0 atom stereocenters. The Kier molecular flexibility index (Phi) is 6.91. The predicted molar refractivity (Wildman–Crippen MR) is 123 cm³/mol. The number of furan rings is 1. The molecule has 1 heterocycles. The van der Waals surface area contributed by atoms with E-state index in [1.807, 2.05) is 24.3 Å². The molecule has 0 aliphatic heterocycles. The van der Waals surface area contributed by atoms with Crippen molar-refractivity contribution in [2.75, 3.05) is 25.6 Å². The maximum Gasteiger partial charge on any atom is 0.308 e. The third kappa shape index (κ3) is 5.37. The second-order valence-electron chi connectivity index (χ2n) is 7.49. The molecule has 3 aromatic carbocycles. The van der Waals surface area contributed by atoms with Crippen LogP contribution >= 0.6 is 0 Å². The molecule has 4 aromatic rings. The van der Waals surface area contributed by atoms with Gasteiger partial charge in [0.1, 0.15) is 28.5 Å². The Balaban J connectivity index is 1.29. The molecule has 0 aliphatic rings. The average Bonchev–Trinajstić information content (AvgIpc) is 3.19. The van der Waals surface area contributed by atoms with Gasteiger partial charge in [0.05, 0.1) is 24.8 Å². The summed E-state index contributed by atoms with van der Waals surface area (Å²) in [6, 6.07) is 13.4. The summed E-state index contributed by atoms with van der Waals surface area (Å²) in [5, 5.41) is 6.68. The fraction of sp³-hybridized carbons (Fsp3) is 0.160. The summed E-state index contributed by atoms with van der Waals surface area (Å²) in [5.41, 5.74) is 1.23. The van der Waals surface area contributed by atoms with E-state index >= 15 is 0 Å². The molecule has 1 aromatic heterocycles. The van der Waals surface area contributed by atoms with Crippen LogP contribution in [0.25, 0.3) is 21.9 Å². The maximum absolute atomic E-state index is 13.6. The standard InChI is InChI=1S/C25H20F2N2O6/c1-33-22-11-17-15-4-2-3-5-20(15)35-21(17)12-19(22)29-23(30)13-34-24(31)8-9-28-25(32)16-7-6-14(26)10-18(16)27/h2-7,10-12H,8-9,13H2,1H3,(H,28,32)(H,29,30). The summed E-state index contributed by atoms with van der Waals surface area (Å²) in [7, 11) is 1.46. The number of esters is 1. The van der Waals surface area contributed by atoms with Crippen LogP contribution < -0.4 is 15.4 Å². The minimum Gasteiger partial charge on any atom is -0.495 e. The summed E-state index contributed by atoms with van der Waals surface area (Å²) >= 11 is 0. The molecular formula is C25H20F2N2O6. The van der Waals surface area contributed by atoms with E-state index in [2.05, 4.69) is 10.6 Å². The lowest BCUT2D eigenvalue weighted by Gasteiger charge is -2.11. The Morgan fingerprint density at radius 3 is 2.54 bits per heavy atom. The smallest absolute Gasteiger partial charge is 0.308 e. The van der Waals surface area contributed by atoms with Gasteiger partial charge in [0.2, 0.25) is 0 Å². The van der Waals surface area contributed by atoms with Gasteiger partial charge in [0.15, 0.2) is 6.61 Å². The zero-order valence-electron chi connectivity index (χ0n) is 18.5. The molecule has 0 unspecified atom stereocenters. The second kappa shape index (κ2) is 10.2. The van der Waals surface area contributed by atoms with Gasteiger partial charge in [-0.05, 0) is 24.3 Å². The number of carbonyl (C=O) groups excluding carboxylic acids is 3. The summed E-state index contributed by atoms with van der Waals surface area (Å²) in [6.07, 6.45) is -0.254. The topological polar surface area (TPSA) is 107 Å². The van der Waals surface area contributed by atoms with Crippen LogP contribution in [0.3, 0.4) is 0 Å². The minimum absolute atomic E-state index is 0.160. The number of halogens is 2. The van der Waals surface area contributed by atoms with Gasteiger partial charge in [-0.1, -0.05) is 18.2 Å². The van der Waals surface area contributed by atoms with Gasteiger partial charge < -0.3 is 24.5 Å². The van der Waals surface area contributed by atoms with Crippen molar-refractivity contribution in [3.8, 4) is 5.75 Å². The fourth-order valence-electron chi connectivity index (χ4n) is 3.47. The van der Waals surface area contributed by atoms with Crippen LogP contribution in [0.1, 0.15) is 16.8 Å². The van der Waals surface area contributed by atoms with Gasteiger partial charge in [-0.3, -0.25) is 14.4 Å². The van der Waals surface area contributed by atoms with Gasteiger partial charge in [0.25, 0.3) is 11.8 Å². The molecule has 0 radical (unpaired) electrons. The van der Waals surface area contributed by atoms with Gasteiger partial charge in [0, 0.05) is 29.4 Å². The highest BCUT2D eigenvalue weighted by Crippen LogP contribution is 2.36. The Bertz CT molecular complexity index is 1430. The number of benzene rings is 3. The van der Waals surface area contributed by atoms with Crippen LogP contribution in [0.5, 0.6) is 5.75 Å². The molecule has 4 rings (SSSR count). The SMILES string of the molecule is COc1cc2c(cc1NC(=O)COC(=O)CCNC(=O)c1ccc(F)cc1F)oc1ccccc12. The van der Waals surface area contributed by atoms with E-state index in [9.17, 15) is 23.2 Å². The van der Waals surface area contributed by atoms with Gasteiger partial charge >= 0.3 is 5.97 Å². The highest BCUT2D eigenvalue weighted by molar-refractivity contribution is 6.08. The first-order valence-electron chi connectivity index (χ1n) is 10.5. The Labute approximate surface area is 197 Å². The second-order valence-corrected chi connectivity index (χ2v) is 7.49. The largest absolute Gasteiger partial charge is 0.495 e. The van der Waals surface area contributed by atoms with Crippen LogP contribution in [0, 0.1) is 11.6 Å². The Morgan fingerprint density at radius 1 is 0.971 bits per heavy atom. The Hall–Kier alpha value is -4.47. The predicted octanol–water partition coefficient (Wildman–Crippen LogP) is 4.17. The monoisotopic (exact) mass is 482 g/mol. The van der Waals surface area contributed by atoms with E-state index in [0.717, 1.165) is 22.9 Å². The molecule has 0 aliphatic carbocycles. The van der Waals surface area contributed by atoms with Gasteiger partial charge in [-0.15, -0.1) is 0 Å². The third-order valence-electron chi connectivity index (χ3n) is 5.13. The van der Waals surface area contributed by atoms with Crippen LogP contribution in [-0.2, 0) is 14.3 Å². The quantitative estimate of drug-likeness (QED) is 0.365. The summed E-state index contributed by atoms with van der Waals surface area (Å²) in [5.74, 6) is -3.58. The number of anilines is 1. The number of para-hydroxylation sites is 1. The highest BCUT2D eigenvalue weighted by Gasteiger charge is 2.16. The van der Waals surface area contributed by atoms with E-state index < -0.39 is 36.0 Å². The van der Waals surface area contributed by atoms with Crippen LogP contribution in [0.2, 0.25) is 0 Å². The lowest BCUT2D eigenvalue weighted by Crippen LogP contribution is -2.28. The number of nitrogens with one attached hydrogen (secondary N) is 2. The molecule has 180 valence electrons.